The number of hydrogen-bond donors (Lipinski definition) is 0. The molecule has 1 aliphatic heterocycles. The van der Waals surface area contributed by atoms with Crippen LogP contribution in [0.2, 0.25) is 0 Å². The number of halogens is 1. The van der Waals surface area contributed by atoms with E-state index in [-0.39, 0.29) is 48.4 Å². The molecule has 6 nitrogen and oxygen atoms in total. The average Bonchev–Trinajstić information content (AvgIpc) is 3.00. The largest absolute Gasteiger partial charge is 0.299 e. The summed E-state index contributed by atoms with van der Waals surface area (Å²) in [5.74, 6) is -2.29. The van der Waals surface area contributed by atoms with Gasteiger partial charge in [0.2, 0.25) is 0 Å². The molecule has 0 bridgehead atoms. The van der Waals surface area contributed by atoms with Crippen LogP contribution < -0.4 is 0 Å². The highest BCUT2D eigenvalue weighted by Crippen LogP contribution is 2.36. The van der Waals surface area contributed by atoms with E-state index in [2.05, 4.69) is 0 Å². The molecule has 1 atom stereocenters. The van der Waals surface area contributed by atoms with Crippen LogP contribution in [0.5, 0.6) is 0 Å². The second kappa shape index (κ2) is 7.65. The Morgan fingerprint density at radius 3 is 2.35 bits per heavy atom. The van der Waals surface area contributed by atoms with Crippen molar-refractivity contribution in [3.63, 3.8) is 0 Å². The van der Waals surface area contributed by atoms with Crippen molar-refractivity contribution in [1.82, 2.24) is 4.90 Å². The number of ketones is 3. The lowest BCUT2D eigenvalue weighted by molar-refractivity contribution is -0.137. The molecule has 2 aromatic rings. The lowest BCUT2D eigenvalue weighted by atomic mass is 9.80. The minimum atomic E-state index is -1.33. The van der Waals surface area contributed by atoms with Crippen LogP contribution in [0.4, 0.5) is 4.39 Å². The van der Waals surface area contributed by atoms with Crippen molar-refractivity contribution >= 4 is 29.2 Å². The number of rotatable bonds is 5. The monoisotopic (exact) mass is 421 g/mol. The van der Waals surface area contributed by atoms with Gasteiger partial charge in [0, 0.05) is 18.4 Å². The molecule has 1 aliphatic carbocycles. The van der Waals surface area contributed by atoms with Gasteiger partial charge >= 0.3 is 0 Å². The first kappa shape index (κ1) is 20.8. The molecule has 0 aromatic heterocycles. The zero-order valence-electron chi connectivity index (χ0n) is 16.9. The predicted molar refractivity (Wildman–Crippen MR) is 108 cm³/mol. The number of benzene rings is 2. The summed E-state index contributed by atoms with van der Waals surface area (Å²) in [5, 5.41) is 0. The standard InChI is InChI=1S/C24H20FNO5/c1-24(11-10-17(27)13-21(24)29)26-22(30)18-8-2-14(12-19(18)23(26)31)3-9-20(28)15-4-6-16(25)7-5-15/h2,4-8,12H,3,9-11,13H2,1H3/t24-/m0/s1. The second-order valence-electron chi connectivity index (χ2n) is 8.17. The van der Waals surface area contributed by atoms with Gasteiger partial charge < -0.3 is 0 Å². The molecule has 1 saturated carbocycles. The fourth-order valence-corrected chi connectivity index (χ4v) is 4.15. The number of imide groups is 1. The molecule has 2 aromatic carbocycles. The number of carbonyl (C=O) groups excluding carboxylic acids is 5. The van der Waals surface area contributed by atoms with Gasteiger partial charge in [-0.3, -0.25) is 28.9 Å². The highest BCUT2D eigenvalue weighted by atomic mass is 19.1. The molecule has 158 valence electrons. The van der Waals surface area contributed by atoms with Crippen LogP contribution in [0.15, 0.2) is 42.5 Å². The molecule has 0 saturated heterocycles. The number of hydrogen-bond acceptors (Lipinski definition) is 5. The molecule has 7 heteroatoms. The lowest BCUT2D eigenvalue weighted by Gasteiger charge is -2.38. The smallest absolute Gasteiger partial charge is 0.262 e. The third kappa shape index (κ3) is 3.60. The molecule has 1 fully saturated rings. The molecule has 2 amide bonds. The maximum atomic E-state index is 13.0. The number of aryl methyl sites for hydroxylation is 1. The molecule has 0 N–H and O–H groups in total. The van der Waals surface area contributed by atoms with Crippen molar-refractivity contribution in [2.24, 2.45) is 0 Å². The molecule has 31 heavy (non-hydrogen) atoms. The maximum absolute atomic E-state index is 13.0. The summed E-state index contributed by atoms with van der Waals surface area (Å²) < 4.78 is 13.0. The van der Waals surface area contributed by atoms with E-state index >= 15 is 0 Å². The average molecular weight is 421 g/mol. The highest BCUT2D eigenvalue weighted by molar-refractivity contribution is 6.24. The van der Waals surface area contributed by atoms with Gasteiger partial charge in [0.05, 0.1) is 17.5 Å². The SMILES string of the molecule is C[C@]1(N2C(=O)c3ccc(CCC(=O)c4ccc(F)cc4)cc3C2=O)CCC(=O)CC1=O. The van der Waals surface area contributed by atoms with Crippen LogP contribution in [0.1, 0.15) is 69.2 Å². The van der Waals surface area contributed by atoms with Crippen molar-refractivity contribution in [2.75, 3.05) is 0 Å². The van der Waals surface area contributed by atoms with E-state index in [1.165, 1.54) is 37.3 Å². The molecule has 1 heterocycles. The van der Waals surface area contributed by atoms with E-state index < -0.39 is 29.0 Å². The quantitative estimate of drug-likeness (QED) is 0.420. The van der Waals surface area contributed by atoms with E-state index in [9.17, 15) is 28.4 Å². The summed E-state index contributed by atoms with van der Waals surface area (Å²) >= 11 is 0. The zero-order chi connectivity index (χ0) is 22.3. The van der Waals surface area contributed by atoms with Crippen molar-refractivity contribution in [2.45, 2.75) is 44.6 Å². The van der Waals surface area contributed by atoms with Crippen molar-refractivity contribution in [1.29, 1.82) is 0 Å². The lowest BCUT2D eigenvalue weighted by Crippen LogP contribution is -2.57. The van der Waals surface area contributed by atoms with Gasteiger partial charge in [-0.25, -0.2) is 4.39 Å². The Balaban J connectivity index is 1.53. The van der Waals surface area contributed by atoms with Crippen LogP contribution in [-0.4, -0.2) is 39.6 Å². The summed E-state index contributed by atoms with van der Waals surface area (Å²) in [6.07, 6.45) is 0.493. The topological polar surface area (TPSA) is 88.6 Å². The van der Waals surface area contributed by atoms with Crippen molar-refractivity contribution in [3.8, 4) is 0 Å². The highest BCUT2D eigenvalue weighted by Gasteiger charge is 2.52. The Hall–Kier alpha value is -3.48. The van der Waals surface area contributed by atoms with Gasteiger partial charge in [0.15, 0.2) is 11.6 Å². The van der Waals surface area contributed by atoms with Crippen molar-refractivity contribution in [3.05, 3.63) is 70.5 Å². The van der Waals surface area contributed by atoms with Crippen LogP contribution in [-0.2, 0) is 16.0 Å². The Labute approximate surface area is 178 Å². The van der Waals surface area contributed by atoms with Crippen LogP contribution >= 0.6 is 0 Å². The number of fused-ring (bicyclic) bond motifs is 1. The minimum absolute atomic E-state index is 0.120. The van der Waals surface area contributed by atoms with Crippen LogP contribution in [0, 0.1) is 5.82 Å². The van der Waals surface area contributed by atoms with Gasteiger partial charge in [-0.15, -0.1) is 0 Å². The maximum Gasteiger partial charge on any atom is 0.262 e. The fraction of sp³-hybridized carbons (Fsp3) is 0.292. The molecule has 0 spiro atoms. The van der Waals surface area contributed by atoms with E-state index in [4.69, 9.17) is 0 Å². The minimum Gasteiger partial charge on any atom is -0.299 e. The zero-order valence-corrected chi connectivity index (χ0v) is 16.9. The van der Waals surface area contributed by atoms with E-state index in [1.54, 1.807) is 12.1 Å². The molecular weight excluding hydrogens is 401 g/mol. The van der Waals surface area contributed by atoms with Gasteiger partial charge in [0.1, 0.15) is 17.1 Å². The normalized spacial score (nSPS) is 20.9. The summed E-state index contributed by atoms with van der Waals surface area (Å²) in [4.78, 5) is 63.4. The fourth-order valence-electron chi connectivity index (χ4n) is 4.15. The van der Waals surface area contributed by atoms with Gasteiger partial charge in [0.25, 0.3) is 11.8 Å². The van der Waals surface area contributed by atoms with Gasteiger partial charge in [-0.05, 0) is 61.7 Å². The third-order valence-electron chi connectivity index (χ3n) is 6.10. The number of amides is 2. The second-order valence-corrected chi connectivity index (χ2v) is 8.17. The molecule has 4 rings (SSSR count). The van der Waals surface area contributed by atoms with Crippen LogP contribution in [0.25, 0.3) is 0 Å². The Bertz CT molecular complexity index is 1140. The summed E-state index contributed by atoms with van der Waals surface area (Å²) in [7, 11) is 0. The Morgan fingerprint density at radius 2 is 1.68 bits per heavy atom. The van der Waals surface area contributed by atoms with E-state index in [1.807, 2.05) is 0 Å². The van der Waals surface area contributed by atoms with E-state index in [0.717, 1.165) is 4.90 Å². The third-order valence-corrected chi connectivity index (χ3v) is 6.10. The molecule has 0 unspecified atom stereocenters. The first-order valence-electron chi connectivity index (χ1n) is 10.1. The van der Waals surface area contributed by atoms with Gasteiger partial charge in [-0.1, -0.05) is 6.07 Å². The predicted octanol–water partition coefficient (Wildman–Crippen LogP) is 3.32. The summed E-state index contributed by atoms with van der Waals surface area (Å²) in [6, 6.07) is 10.1. The van der Waals surface area contributed by atoms with E-state index in [0.29, 0.717) is 17.5 Å². The first-order valence-corrected chi connectivity index (χ1v) is 10.1. The van der Waals surface area contributed by atoms with Gasteiger partial charge in [-0.2, -0.15) is 0 Å². The molecule has 2 aliphatic rings. The number of Topliss-reactive ketones (excluding diaryl/α,β-unsaturated/α-hetero) is 3. The summed E-state index contributed by atoms with van der Waals surface area (Å²) in [5.41, 5.74) is 0.178. The number of carbonyl (C=O) groups is 5. The number of nitrogens with zero attached hydrogens (tertiary/aromatic N) is 1. The van der Waals surface area contributed by atoms with Crippen LogP contribution in [0.3, 0.4) is 0 Å². The first-order chi connectivity index (χ1) is 14.7. The Kier molecular flexibility index (Phi) is 5.13. The van der Waals surface area contributed by atoms with Crippen molar-refractivity contribution < 1.29 is 28.4 Å². The Morgan fingerprint density at radius 1 is 1.00 bits per heavy atom. The molecule has 0 radical (unpaired) electrons. The summed E-state index contributed by atoms with van der Waals surface area (Å²) in [6.45, 7) is 1.53. The molecular formula is C24H20FNO5.